The summed E-state index contributed by atoms with van der Waals surface area (Å²) in [5, 5.41) is 10.7. The van der Waals surface area contributed by atoms with E-state index in [2.05, 4.69) is 0 Å². The van der Waals surface area contributed by atoms with Gasteiger partial charge in [0.05, 0.1) is 31.4 Å². The summed E-state index contributed by atoms with van der Waals surface area (Å²) in [6.07, 6.45) is 0. The van der Waals surface area contributed by atoms with Gasteiger partial charge in [-0.3, -0.25) is 14.7 Å². The molecule has 0 atom stereocenters. The van der Waals surface area contributed by atoms with Gasteiger partial charge in [0.25, 0.3) is 5.69 Å². The molecule has 2 aromatic carbocycles. The lowest BCUT2D eigenvalue weighted by atomic mass is 10.2. The summed E-state index contributed by atoms with van der Waals surface area (Å²) in [5.41, 5.74) is 0.353. The lowest BCUT2D eigenvalue weighted by Gasteiger charge is -2.22. The molecule has 0 bridgehead atoms. The van der Waals surface area contributed by atoms with Crippen LogP contribution in [0.5, 0.6) is 11.5 Å². The highest BCUT2D eigenvalue weighted by molar-refractivity contribution is 7.87. The number of nitro groups is 1. The van der Waals surface area contributed by atoms with Gasteiger partial charge in [-0.2, -0.15) is 8.42 Å². The molecule has 10 heteroatoms. The van der Waals surface area contributed by atoms with Crippen molar-refractivity contribution in [3.05, 3.63) is 58.1 Å². The monoisotopic (exact) mass is 368 g/mol. The van der Waals surface area contributed by atoms with Crippen molar-refractivity contribution in [1.29, 1.82) is 0 Å². The van der Waals surface area contributed by atoms with Crippen LogP contribution in [-0.4, -0.2) is 32.1 Å². The molecule has 0 aliphatic rings. The van der Waals surface area contributed by atoms with Crippen LogP contribution < -0.4 is 13.8 Å². The third-order valence-corrected chi connectivity index (χ3v) is 4.33. The lowest BCUT2D eigenvalue weighted by molar-refractivity contribution is -0.384. The molecule has 0 unspecified atom stereocenters. The van der Waals surface area contributed by atoms with Crippen LogP contribution in [0.3, 0.4) is 0 Å². The predicted octanol–water partition coefficient (Wildman–Crippen LogP) is 2.42. The van der Waals surface area contributed by atoms with Crippen molar-refractivity contribution < 1.29 is 27.4 Å². The number of hydrogen-bond donors (Lipinski definition) is 1. The fourth-order valence-corrected chi connectivity index (χ4v) is 2.87. The summed E-state index contributed by atoms with van der Waals surface area (Å²) in [4.78, 5) is 10.1. The number of nitro benzene ring substituents is 1. The number of rotatable bonds is 7. The van der Waals surface area contributed by atoms with Crippen molar-refractivity contribution >= 4 is 21.7 Å². The minimum absolute atomic E-state index is 0.0750. The van der Waals surface area contributed by atoms with Gasteiger partial charge in [-0.15, -0.1) is 0 Å². The van der Waals surface area contributed by atoms with Gasteiger partial charge in [-0.05, 0) is 24.3 Å². The number of nitrogens with zero attached hydrogens (tertiary/aromatic N) is 2. The Kier molecular flexibility index (Phi) is 5.45. The number of non-ortho nitro benzene ring substituents is 1. The standard InChI is InChI=1S/C15H16N2O7S/c1-23-14-8-3-11(15(9-14)24-2)10-16(25(20,21)22)12-4-6-13(7-5-12)17(18)19/h3-9H,10H2,1-2H3,(H,20,21,22). The fourth-order valence-electron chi connectivity index (χ4n) is 2.18. The van der Waals surface area contributed by atoms with Gasteiger partial charge in [-0.25, -0.2) is 4.31 Å². The molecule has 9 nitrogen and oxygen atoms in total. The smallest absolute Gasteiger partial charge is 0.360 e. The maximum atomic E-state index is 11.8. The third-order valence-electron chi connectivity index (χ3n) is 3.44. The highest BCUT2D eigenvalue weighted by Gasteiger charge is 2.22. The quantitative estimate of drug-likeness (QED) is 0.453. The third kappa shape index (κ3) is 4.37. The first-order valence-corrected chi connectivity index (χ1v) is 8.36. The van der Waals surface area contributed by atoms with Gasteiger partial charge in [0.15, 0.2) is 0 Å². The molecular weight excluding hydrogens is 352 g/mol. The van der Waals surface area contributed by atoms with Crippen molar-refractivity contribution in [1.82, 2.24) is 0 Å². The molecule has 2 aromatic rings. The molecule has 2 rings (SSSR count). The summed E-state index contributed by atoms with van der Waals surface area (Å²) in [5.74, 6) is 0.893. The molecule has 0 fully saturated rings. The van der Waals surface area contributed by atoms with Crippen LogP contribution in [0.1, 0.15) is 5.56 Å². The zero-order chi connectivity index (χ0) is 18.6. The van der Waals surface area contributed by atoms with Crippen LogP contribution in [0.25, 0.3) is 0 Å². The summed E-state index contributed by atoms with van der Waals surface area (Å²) in [7, 11) is -1.71. The highest BCUT2D eigenvalue weighted by Crippen LogP contribution is 2.29. The molecular formula is C15H16N2O7S. The van der Waals surface area contributed by atoms with Gasteiger partial charge < -0.3 is 9.47 Å². The number of benzene rings is 2. The van der Waals surface area contributed by atoms with Crippen molar-refractivity contribution in [2.45, 2.75) is 6.54 Å². The summed E-state index contributed by atoms with van der Waals surface area (Å²) < 4.78 is 44.1. The van der Waals surface area contributed by atoms with E-state index in [1.807, 2.05) is 0 Å². The van der Waals surface area contributed by atoms with E-state index in [4.69, 9.17) is 9.47 Å². The Balaban J connectivity index is 2.41. The molecule has 0 aliphatic heterocycles. The maximum Gasteiger partial charge on any atom is 0.360 e. The van der Waals surface area contributed by atoms with E-state index in [9.17, 15) is 23.1 Å². The average molecular weight is 368 g/mol. The summed E-state index contributed by atoms with van der Waals surface area (Å²) in [6, 6.07) is 9.58. The molecule has 0 radical (unpaired) electrons. The fraction of sp³-hybridized carbons (Fsp3) is 0.200. The molecule has 0 amide bonds. The highest BCUT2D eigenvalue weighted by atomic mass is 32.2. The number of anilines is 1. The number of hydrogen-bond acceptors (Lipinski definition) is 6. The SMILES string of the molecule is COc1ccc(CN(c2ccc([N+](=O)[O-])cc2)S(=O)(=O)O)c(OC)c1. The first-order chi connectivity index (χ1) is 11.8. The lowest BCUT2D eigenvalue weighted by Crippen LogP contribution is -2.29. The first-order valence-electron chi connectivity index (χ1n) is 6.96. The second-order valence-electron chi connectivity index (χ2n) is 4.94. The Bertz CT molecular complexity index is 866. The minimum Gasteiger partial charge on any atom is -0.497 e. The van der Waals surface area contributed by atoms with Crippen LogP contribution in [0.15, 0.2) is 42.5 Å². The number of ether oxygens (including phenoxy) is 2. The summed E-state index contributed by atoms with van der Waals surface area (Å²) >= 11 is 0. The predicted molar refractivity (Wildman–Crippen MR) is 90.4 cm³/mol. The second kappa shape index (κ2) is 7.36. The van der Waals surface area contributed by atoms with E-state index in [1.165, 1.54) is 26.4 Å². The largest absolute Gasteiger partial charge is 0.497 e. The Morgan fingerprint density at radius 3 is 2.24 bits per heavy atom. The van der Waals surface area contributed by atoms with Gasteiger partial charge in [0, 0.05) is 23.8 Å². The molecule has 0 spiro atoms. The van der Waals surface area contributed by atoms with Crippen LogP contribution in [-0.2, 0) is 16.8 Å². The van der Waals surface area contributed by atoms with Crippen molar-refractivity contribution in [2.24, 2.45) is 0 Å². The van der Waals surface area contributed by atoms with Crippen LogP contribution in [0, 0.1) is 10.1 Å². The molecule has 0 aromatic heterocycles. The molecule has 25 heavy (non-hydrogen) atoms. The first kappa shape index (κ1) is 18.5. The van der Waals surface area contributed by atoms with Gasteiger partial charge in [0.1, 0.15) is 11.5 Å². The van der Waals surface area contributed by atoms with Crippen LogP contribution in [0.4, 0.5) is 11.4 Å². The zero-order valence-corrected chi connectivity index (χ0v) is 14.3. The topological polar surface area (TPSA) is 119 Å². The van der Waals surface area contributed by atoms with Crippen molar-refractivity contribution in [3.8, 4) is 11.5 Å². The second-order valence-corrected chi connectivity index (χ2v) is 6.27. The molecule has 0 aliphatic carbocycles. The van der Waals surface area contributed by atoms with Crippen LogP contribution in [0.2, 0.25) is 0 Å². The average Bonchev–Trinajstić information content (AvgIpc) is 2.58. The zero-order valence-electron chi connectivity index (χ0n) is 13.4. The Labute approximate surface area is 144 Å². The minimum atomic E-state index is -4.61. The van der Waals surface area contributed by atoms with Crippen LogP contribution >= 0.6 is 0 Å². The van der Waals surface area contributed by atoms with E-state index >= 15 is 0 Å². The van der Waals surface area contributed by atoms with Crippen molar-refractivity contribution in [2.75, 3.05) is 18.5 Å². The van der Waals surface area contributed by atoms with E-state index in [1.54, 1.807) is 18.2 Å². The summed E-state index contributed by atoms with van der Waals surface area (Å²) in [6.45, 7) is -0.232. The number of methoxy groups -OCH3 is 2. The Morgan fingerprint density at radius 1 is 1.12 bits per heavy atom. The van der Waals surface area contributed by atoms with E-state index in [0.29, 0.717) is 21.4 Å². The molecule has 134 valence electrons. The molecule has 0 saturated heterocycles. The Hall–Kier alpha value is -2.85. The maximum absolute atomic E-state index is 11.8. The van der Waals surface area contributed by atoms with E-state index in [0.717, 1.165) is 12.1 Å². The van der Waals surface area contributed by atoms with Gasteiger partial charge >= 0.3 is 10.3 Å². The molecule has 0 saturated carbocycles. The van der Waals surface area contributed by atoms with Crippen molar-refractivity contribution in [3.63, 3.8) is 0 Å². The van der Waals surface area contributed by atoms with E-state index < -0.39 is 15.2 Å². The van der Waals surface area contributed by atoms with Gasteiger partial charge in [0.2, 0.25) is 0 Å². The molecule has 1 N–H and O–H groups in total. The van der Waals surface area contributed by atoms with Gasteiger partial charge in [-0.1, -0.05) is 0 Å². The molecule has 0 heterocycles. The normalized spacial score (nSPS) is 11.0. The Morgan fingerprint density at radius 2 is 1.76 bits per heavy atom. The van der Waals surface area contributed by atoms with E-state index in [-0.39, 0.29) is 17.9 Å².